The molecule has 4 heterocycles. The Morgan fingerprint density at radius 2 is 1.67 bits per heavy atom. The van der Waals surface area contributed by atoms with Gasteiger partial charge in [0.15, 0.2) is 11.5 Å². The van der Waals surface area contributed by atoms with Crippen LogP contribution < -0.4 is 15.6 Å². The molecule has 20 heteroatoms. The Balaban J connectivity index is 1.28. The third kappa shape index (κ3) is 8.18. The molecular formula is C41H33ClF5N9O4S. The van der Waals surface area contributed by atoms with Gasteiger partial charge in [-0.2, -0.15) is 10.2 Å². The van der Waals surface area contributed by atoms with Crippen LogP contribution in [0.3, 0.4) is 0 Å². The van der Waals surface area contributed by atoms with Crippen molar-refractivity contribution >= 4 is 55.3 Å². The van der Waals surface area contributed by atoms with E-state index in [4.69, 9.17) is 16.6 Å². The second-order valence-corrected chi connectivity index (χ2v) is 17.4. The molecule has 61 heavy (non-hydrogen) atoms. The quantitative estimate of drug-likeness (QED) is 0.109. The average molecular weight is 878 g/mol. The maximum absolute atomic E-state index is 15.0. The summed E-state index contributed by atoms with van der Waals surface area (Å²) >= 11 is 6.67. The van der Waals surface area contributed by atoms with Gasteiger partial charge in [0.05, 0.1) is 49.7 Å². The molecule has 314 valence electrons. The van der Waals surface area contributed by atoms with Crippen molar-refractivity contribution in [2.45, 2.75) is 68.8 Å². The third-order valence-electron chi connectivity index (χ3n) is 10.5. The van der Waals surface area contributed by atoms with Gasteiger partial charge in [0.25, 0.3) is 12.0 Å². The number of halogens is 6. The van der Waals surface area contributed by atoms with Crippen LogP contribution >= 0.6 is 11.6 Å². The maximum atomic E-state index is 15.0. The number of nitrogens with one attached hydrogen (secondary N) is 2. The summed E-state index contributed by atoms with van der Waals surface area (Å²) in [4.78, 5) is 38.2. The molecule has 1 amide bonds. The summed E-state index contributed by atoms with van der Waals surface area (Å²) in [5, 5.41) is 10.5. The molecule has 2 aliphatic rings. The summed E-state index contributed by atoms with van der Waals surface area (Å²) in [7, 11) is -4.01. The Morgan fingerprint density at radius 1 is 0.918 bits per heavy atom. The summed E-state index contributed by atoms with van der Waals surface area (Å²) in [6.07, 6.45) is 0.923. The van der Waals surface area contributed by atoms with Gasteiger partial charge in [0, 0.05) is 30.2 Å². The molecule has 0 unspecified atom stereocenters. The van der Waals surface area contributed by atoms with Gasteiger partial charge in [-0.3, -0.25) is 28.2 Å². The highest BCUT2D eigenvalue weighted by Gasteiger charge is 2.37. The smallest absolute Gasteiger partial charge is 0.267 e. The standard InChI is InChI=1S/C41H33ClF5N9O4S/c42-28-10-12-33(37-36(28)39(52-55(37)19-34(46)47)53-61(59,60)25-7-8-25)56-40(50-38-27(41(56)58)9-11-31(49-38)26-3-1-2-4-29(26)45)32(17-21-15-23(43)18-24(44)16-21)48-35(57)20-54-14-13-30(51-54)22-5-6-22/h1-4,9-16,18,22,25,32,34H,5-8,17,19-20H2,(H,48,57)(H,52,53)/t32-/m0/s1. The molecule has 0 saturated heterocycles. The van der Waals surface area contributed by atoms with Crippen LogP contribution in [0, 0.1) is 17.5 Å². The fourth-order valence-electron chi connectivity index (χ4n) is 7.36. The van der Waals surface area contributed by atoms with Crippen molar-refractivity contribution in [3.63, 3.8) is 0 Å². The fourth-order valence-corrected chi connectivity index (χ4v) is 8.94. The van der Waals surface area contributed by atoms with Crippen LogP contribution in [-0.4, -0.2) is 60.1 Å². The van der Waals surface area contributed by atoms with Crippen LogP contribution in [0.5, 0.6) is 0 Å². The van der Waals surface area contributed by atoms with Crippen LogP contribution in [0.25, 0.3) is 38.9 Å². The number of alkyl halides is 2. The normalized spacial score (nSPS) is 14.9. The molecule has 2 fully saturated rings. The molecule has 2 N–H and O–H groups in total. The number of hydrogen-bond donors (Lipinski definition) is 2. The zero-order valence-corrected chi connectivity index (χ0v) is 33.3. The average Bonchev–Trinajstić information content (AvgIpc) is 4.14. The van der Waals surface area contributed by atoms with Crippen LogP contribution in [0.4, 0.5) is 27.8 Å². The van der Waals surface area contributed by atoms with Crippen molar-refractivity contribution in [3.05, 3.63) is 129 Å². The summed E-state index contributed by atoms with van der Waals surface area (Å²) in [5.41, 5.74) is -0.414. The van der Waals surface area contributed by atoms with Crippen molar-refractivity contribution in [2.75, 3.05) is 4.72 Å². The first kappa shape index (κ1) is 40.2. The summed E-state index contributed by atoms with van der Waals surface area (Å²) in [6, 6.07) is 14.3. The van der Waals surface area contributed by atoms with Crippen LogP contribution in [0.2, 0.25) is 5.02 Å². The minimum Gasteiger partial charge on any atom is -0.344 e. The number of sulfonamides is 1. The van der Waals surface area contributed by atoms with E-state index in [1.54, 1.807) is 18.3 Å². The van der Waals surface area contributed by atoms with E-state index < -0.39 is 63.2 Å². The first-order valence-corrected chi connectivity index (χ1v) is 21.1. The van der Waals surface area contributed by atoms with Crippen molar-refractivity contribution in [2.24, 2.45) is 0 Å². The lowest BCUT2D eigenvalue weighted by molar-refractivity contribution is -0.122. The molecule has 13 nitrogen and oxygen atoms in total. The van der Waals surface area contributed by atoms with Crippen molar-refractivity contribution in [1.29, 1.82) is 0 Å². The number of amides is 1. The highest BCUT2D eigenvalue weighted by Crippen LogP contribution is 2.40. The van der Waals surface area contributed by atoms with Crippen LogP contribution in [0.15, 0.2) is 83.8 Å². The number of hydrogen-bond acceptors (Lipinski definition) is 8. The Hall–Kier alpha value is -6.21. The van der Waals surface area contributed by atoms with E-state index in [0.29, 0.717) is 18.9 Å². The van der Waals surface area contributed by atoms with Gasteiger partial charge in [-0.05, 0) is 85.8 Å². The summed E-state index contributed by atoms with van der Waals surface area (Å²) in [6.45, 7) is -1.38. The van der Waals surface area contributed by atoms with Crippen molar-refractivity contribution in [3.8, 4) is 16.9 Å². The molecule has 0 radical (unpaired) electrons. The minimum absolute atomic E-state index is 0.0348. The van der Waals surface area contributed by atoms with Crippen LogP contribution in [-0.2, 0) is 34.3 Å². The van der Waals surface area contributed by atoms with Gasteiger partial charge in [-0.15, -0.1) is 0 Å². The van der Waals surface area contributed by atoms with E-state index in [9.17, 15) is 30.8 Å². The molecule has 7 aromatic rings. The molecule has 0 bridgehead atoms. The SMILES string of the molecule is O=C(Cn1ccc(C2CC2)n1)N[C@@H](Cc1cc(F)cc(F)c1)c1nc2nc(-c3ccccc3F)ccc2c(=O)n1-c1ccc(Cl)c2c(NS(=O)(=O)C3CC3)nn(CC(F)F)c12. The summed E-state index contributed by atoms with van der Waals surface area (Å²) in [5.74, 6) is -3.49. The Bertz CT molecular complexity index is 3040. The number of carbonyl (C=O) groups excluding carboxylic acids is 1. The molecule has 3 aromatic carbocycles. The number of aromatic nitrogens is 7. The van der Waals surface area contributed by atoms with Gasteiger partial charge in [0.2, 0.25) is 15.9 Å². The zero-order valence-electron chi connectivity index (χ0n) is 31.7. The zero-order chi connectivity index (χ0) is 42.7. The molecular weight excluding hydrogens is 845 g/mol. The lowest BCUT2D eigenvalue weighted by Gasteiger charge is -2.24. The van der Waals surface area contributed by atoms with Gasteiger partial charge in [-0.25, -0.2) is 40.3 Å². The number of carbonyl (C=O) groups is 1. The van der Waals surface area contributed by atoms with Gasteiger partial charge in [-0.1, -0.05) is 23.7 Å². The largest absolute Gasteiger partial charge is 0.344 e. The number of nitrogens with zero attached hydrogens (tertiary/aromatic N) is 7. The number of fused-ring (bicyclic) bond motifs is 2. The molecule has 1 atom stereocenters. The van der Waals surface area contributed by atoms with Gasteiger partial charge < -0.3 is 5.32 Å². The van der Waals surface area contributed by atoms with Crippen molar-refractivity contribution < 1.29 is 35.2 Å². The minimum atomic E-state index is -4.01. The number of pyridine rings is 1. The van der Waals surface area contributed by atoms with Crippen molar-refractivity contribution in [1.82, 2.24) is 39.4 Å². The topological polar surface area (TPSA) is 159 Å². The lowest BCUT2D eigenvalue weighted by atomic mass is 10.0. The van der Waals surface area contributed by atoms with Gasteiger partial charge >= 0.3 is 0 Å². The monoisotopic (exact) mass is 877 g/mol. The van der Waals surface area contributed by atoms with E-state index >= 15 is 9.18 Å². The first-order chi connectivity index (χ1) is 29.2. The second-order valence-electron chi connectivity index (χ2n) is 15.0. The Morgan fingerprint density at radius 3 is 2.38 bits per heavy atom. The van der Waals surface area contributed by atoms with E-state index in [-0.39, 0.29) is 80.0 Å². The molecule has 0 spiro atoms. The Kier molecular flexibility index (Phi) is 10.3. The molecule has 2 aliphatic carbocycles. The predicted molar refractivity (Wildman–Crippen MR) is 216 cm³/mol. The number of benzene rings is 3. The third-order valence-corrected chi connectivity index (χ3v) is 12.6. The first-order valence-electron chi connectivity index (χ1n) is 19.2. The lowest BCUT2D eigenvalue weighted by Crippen LogP contribution is -2.37. The Labute approximate surface area is 348 Å². The van der Waals surface area contributed by atoms with E-state index in [0.717, 1.165) is 39.9 Å². The highest BCUT2D eigenvalue weighted by atomic mass is 35.5. The van der Waals surface area contributed by atoms with Gasteiger partial charge in [0.1, 0.15) is 36.4 Å². The molecule has 4 aromatic heterocycles. The number of anilines is 1. The predicted octanol–water partition coefficient (Wildman–Crippen LogP) is 7.21. The maximum Gasteiger partial charge on any atom is 0.267 e. The molecule has 9 rings (SSSR count). The summed E-state index contributed by atoms with van der Waals surface area (Å²) < 4.78 is 105. The second kappa shape index (κ2) is 15.7. The van der Waals surface area contributed by atoms with E-state index in [1.165, 1.54) is 47.1 Å². The van der Waals surface area contributed by atoms with E-state index in [1.807, 2.05) is 0 Å². The molecule has 2 saturated carbocycles. The fraction of sp³-hybridized carbons (Fsp3) is 0.268. The highest BCUT2D eigenvalue weighted by molar-refractivity contribution is 7.93. The van der Waals surface area contributed by atoms with Crippen LogP contribution in [0.1, 0.15) is 54.7 Å². The number of rotatable bonds is 14. The molecule has 0 aliphatic heterocycles. The van der Waals surface area contributed by atoms with E-state index in [2.05, 4.69) is 25.2 Å².